The molecule has 2 aliphatic heterocycles. The van der Waals surface area contributed by atoms with E-state index in [2.05, 4.69) is 10.3 Å². The van der Waals surface area contributed by atoms with Gasteiger partial charge in [0.15, 0.2) is 0 Å². The molecule has 0 radical (unpaired) electrons. The molecule has 0 saturated carbocycles. The van der Waals surface area contributed by atoms with Crippen molar-refractivity contribution in [2.45, 2.75) is 38.0 Å². The van der Waals surface area contributed by atoms with E-state index in [1.807, 2.05) is 47.4 Å². The van der Waals surface area contributed by atoms with Crippen molar-refractivity contribution in [1.82, 2.24) is 20.1 Å². The molecule has 6 nitrogen and oxygen atoms in total. The maximum absolute atomic E-state index is 13.2. The third-order valence-corrected chi connectivity index (χ3v) is 5.40. The molecule has 27 heavy (non-hydrogen) atoms. The maximum Gasteiger partial charge on any atom is 0.327 e. The van der Waals surface area contributed by atoms with Crippen LogP contribution in [0.2, 0.25) is 5.02 Å². The molecular weight excluding hydrogens is 364 g/mol. The molecule has 1 N–H and O–H groups in total. The van der Waals surface area contributed by atoms with Gasteiger partial charge in [-0.05, 0) is 49.2 Å². The van der Waals surface area contributed by atoms with Gasteiger partial charge in [-0.1, -0.05) is 29.8 Å². The van der Waals surface area contributed by atoms with E-state index >= 15 is 0 Å². The van der Waals surface area contributed by atoms with E-state index in [-0.39, 0.29) is 30.6 Å². The number of imide groups is 1. The molecule has 1 aromatic carbocycles. The second-order valence-corrected chi connectivity index (χ2v) is 7.36. The smallest absolute Gasteiger partial charge is 0.315 e. The molecule has 0 spiro atoms. The molecule has 2 saturated heterocycles. The average Bonchev–Trinajstić information content (AvgIpc) is 2.71. The number of benzene rings is 1. The lowest BCUT2D eigenvalue weighted by atomic mass is 9.93. The monoisotopic (exact) mass is 384 g/mol. The highest BCUT2D eigenvalue weighted by Crippen LogP contribution is 2.27. The Balaban J connectivity index is 1.62. The summed E-state index contributed by atoms with van der Waals surface area (Å²) in [5.74, 6) is -0.164. The second-order valence-electron chi connectivity index (χ2n) is 6.92. The third kappa shape index (κ3) is 3.68. The molecule has 2 unspecified atom stereocenters. The van der Waals surface area contributed by atoms with Crippen LogP contribution in [0.5, 0.6) is 0 Å². The van der Waals surface area contributed by atoms with Gasteiger partial charge in [0.25, 0.3) is 0 Å². The SMILES string of the molecule is O=C1C2NCCCC2N(Cc2ccc(Cl)cc2)C(=O)N1Cc1ccccn1. The minimum Gasteiger partial charge on any atom is -0.315 e. The summed E-state index contributed by atoms with van der Waals surface area (Å²) in [7, 11) is 0. The fourth-order valence-corrected chi connectivity index (χ4v) is 3.91. The number of urea groups is 1. The number of aromatic nitrogens is 1. The number of carbonyl (C=O) groups is 2. The van der Waals surface area contributed by atoms with Gasteiger partial charge in [-0.3, -0.25) is 14.7 Å². The van der Waals surface area contributed by atoms with Crippen LogP contribution in [-0.4, -0.2) is 45.4 Å². The van der Waals surface area contributed by atoms with Crippen molar-refractivity contribution in [2.75, 3.05) is 6.54 Å². The van der Waals surface area contributed by atoms with Gasteiger partial charge in [-0.15, -0.1) is 0 Å². The minimum absolute atomic E-state index is 0.130. The Morgan fingerprint density at radius 3 is 2.67 bits per heavy atom. The molecule has 7 heteroatoms. The van der Waals surface area contributed by atoms with Gasteiger partial charge in [-0.25, -0.2) is 4.79 Å². The fourth-order valence-electron chi connectivity index (χ4n) is 3.79. The summed E-state index contributed by atoms with van der Waals surface area (Å²) in [6, 6.07) is 12.2. The van der Waals surface area contributed by atoms with Gasteiger partial charge in [0, 0.05) is 17.8 Å². The lowest BCUT2D eigenvalue weighted by Gasteiger charge is -2.47. The van der Waals surface area contributed by atoms with Gasteiger partial charge in [0.1, 0.15) is 6.04 Å². The first-order chi connectivity index (χ1) is 13.1. The van der Waals surface area contributed by atoms with Crippen molar-refractivity contribution < 1.29 is 9.59 Å². The van der Waals surface area contributed by atoms with Crippen LogP contribution in [0.25, 0.3) is 0 Å². The van der Waals surface area contributed by atoms with Crippen LogP contribution >= 0.6 is 11.6 Å². The van der Waals surface area contributed by atoms with E-state index in [1.54, 1.807) is 6.20 Å². The highest BCUT2D eigenvalue weighted by Gasteiger charge is 2.47. The molecule has 0 aliphatic carbocycles. The first-order valence-electron chi connectivity index (χ1n) is 9.13. The Morgan fingerprint density at radius 2 is 1.93 bits per heavy atom. The second kappa shape index (κ2) is 7.66. The number of nitrogens with zero attached hydrogens (tertiary/aromatic N) is 3. The Bertz CT molecular complexity index is 828. The van der Waals surface area contributed by atoms with E-state index in [4.69, 9.17) is 11.6 Å². The number of piperidine rings is 1. The normalized spacial score (nSPS) is 22.7. The predicted molar refractivity (Wildman–Crippen MR) is 102 cm³/mol. The Labute approximate surface area is 163 Å². The van der Waals surface area contributed by atoms with Gasteiger partial charge in [-0.2, -0.15) is 0 Å². The molecule has 0 bridgehead atoms. The average molecular weight is 385 g/mol. The zero-order valence-corrected chi connectivity index (χ0v) is 15.6. The van der Waals surface area contributed by atoms with Gasteiger partial charge in [0.2, 0.25) is 5.91 Å². The molecule has 3 amide bonds. The molecular formula is C20H21ClN4O2. The number of rotatable bonds is 4. The topological polar surface area (TPSA) is 65.5 Å². The standard InChI is InChI=1S/C20H21ClN4O2/c21-15-8-6-14(7-9-15)12-24-17-5-3-11-23-18(17)19(26)25(20(24)27)13-16-4-1-2-10-22-16/h1-2,4,6-10,17-18,23H,3,5,11-13H2. The summed E-state index contributed by atoms with van der Waals surface area (Å²) < 4.78 is 0. The zero-order chi connectivity index (χ0) is 18.8. The molecule has 1 aromatic heterocycles. The van der Waals surface area contributed by atoms with Crippen LogP contribution in [-0.2, 0) is 17.9 Å². The minimum atomic E-state index is -0.368. The van der Waals surface area contributed by atoms with Crippen molar-refractivity contribution in [3.63, 3.8) is 0 Å². The number of fused-ring (bicyclic) bond motifs is 1. The number of pyridine rings is 1. The number of nitrogens with one attached hydrogen (secondary N) is 1. The highest BCUT2D eigenvalue weighted by molar-refractivity contribution is 6.30. The predicted octanol–water partition coefficient (Wildman–Crippen LogP) is 2.82. The summed E-state index contributed by atoms with van der Waals surface area (Å²) >= 11 is 5.98. The van der Waals surface area contributed by atoms with Crippen molar-refractivity contribution in [3.05, 3.63) is 64.9 Å². The molecule has 4 rings (SSSR count). The lowest BCUT2D eigenvalue weighted by molar-refractivity contribution is -0.137. The quantitative estimate of drug-likeness (QED) is 0.880. The van der Waals surface area contributed by atoms with Crippen molar-refractivity contribution in [1.29, 1.82) is 0 Å². The van der Waals surface area contributed by atoms with Gasteiger partial charge in [0.05, 0.1) is 18.3 Å². The summed E-state index contributed by atoms with van der Waals surface area (Å²) in [6.07, 6.45) is 3.43. The van der Waals surface area contributed by atoms with Crippen LogP contribution in [0.4, 0.5) is 4.79 Å². The van der Waals surface area contributed by atoms with Crippen molar-refractivity contribution in [3.8, 4) is 0 Å². The maximum atomic E-state index is 13.2. The summed E-state index contributed by atoms with van der Waals surface area (Å²) in [4.78, 5) is 33.6. The first-order valence-corrected chi connectivity index (χ1v) is 9.51. The van der Waals surface area contributed by atoms with Crippen LogP contribution in [0, 0.1) is 0 Å². The Morgan fingerprint density at radius 1 is 1.11 bits per heavy atom. The Kier molecular flexibility index (Phi) is 5.09. The third-order valence-electron chi connectivity index (χ3n) is 5.15. The molecule has 2 aromatic rings. The summed E-state index contributed by atoms with van der Waals surface area (Å²) in [6.45, 7) is 1.42. The van der Waals surface area contributed by atoms with Crippen molar-refractivity contribution >= 4 is 23.5 Å². The summed E-state index contributed by atoms with van der Waals surface area (Å²) in [5.41, 5.74) is 1.68. The zero-order valence-electron chi connectivity index (χ0n) is 14.8. The summed E-state index contributed by atoms with van der Waals surface area (Å²) in [5, 5.41) is 3.97. The van der Waals surface area contributed by atoms with Gasteiger partial charge < -0.3 is 10.2 Å². The highest BCUT2D eigenvalue weighted by atomic mass is 35.5. The first kappa shape index (κ1) is 17.9. The number of carbonyl (C=O) groups excluding carboxylic acids is 2. The lowest BCUT2D eigenvalue weighted by Crippen LogP contribution is -2.68. The van der Waals surface area contributed by atoms with Gasteiger partial charge >= 0.3 is 6.03 Å². The van der Waals surface area contributed by atoms with Crippen LogP contribution < -0.4 is 5.32 Å². The molecule has 3 heterocycles. The fraction of sp³-hybridized carbons (Fsp3) is 0.350. The van der Waals surface area contributed by atoms with Crippen molar-refractivity contribution in [2.24, 2.45) is 0 Å². The van der Waals surface area contributed by atoms with E-state index in [0.717, 1.165) is 24.9 Å². The van der Waals surface area contributed by atoms with E-state index < -0.39 is 0 Å². The Hall–Kier alpha value is -2.44. The van der Waals surface area contributed by atoms with Crippen LogP contribution in [0.15, 0.2) is 48.7 Å². The number of amides is 3. The molecule has 2 fully saturated rings. The number of hydrogen-bond donors (Lipinski definition) is 1. The molecule has 140 valence electrons. The van der Waals surface area contributed by atoms with E-state index in [9.17, 15) is 9.59 Å². The van der Waals surface area contributed by atoms with E-state index in [1.165, 1.54) is 4.90 Å². The van der Waals surface area contributed by atoms with E-state index in [0.29, 0.717) is 17.3 Å². The molecule has 2 atom stereocenters. The van der Waals surface area contributed by atoms with Crippen LogP contribution in [0.1, 0.15) is 24.1 Å². The van der Waals surface area contributed by atoms with Crippen LogP contribution in [0.3, 0.4) is 0 Å². The largest absolute Gasteiger partial charge is 0.327 e. The number of halogens is 1. The number of hydrogen-bond acceptors (Lipinski definition) is 4. The molecule has 2 aliphatic rings.